The molecule has 0 spiro atoms. The summed E-state index contributed by atoms with van der Waals surface area (Å²) in [6, 6.07) is 6.64. The summed E-state index contributed by atoms with van der Waals surface area (Å²) < 4.78 is 58.5. The van der Waals surface area contributed by atoms with Gasteiger partial charge in [-0.1, -0.05) is 0 Å². The molecule has 0 aliphatic carbocycles. The Morgan fingerprint density at radius 1 is 1.00 bits per heavy atom. The number of benzene rings is 1. The molecule has 3 aromatic heterocycles. The monoisotopic (exact) mass is 473 g/mol. The lowest BCUT2D eigenvalue weighted by Crippen LogP contribution is -2.20. The van der Waals surface area contributed by atoms with Crippen LogP contribution < -0.4 is 15.4 Å². The second-order valence-corrected chi connectivity index (χ2v) is 6.88. The second-order valence-electron chi connectivity index (χ2n) is 6.88. The maximum atomic E-state index is 14.5. The first-order valence-corrected chi connectivity index (χ1v) is 9.58. The molecule has 34 heavy (non-hydrogen) atoms. The van der Waals surface area contributed by atoms with E-state index in [4.69, 9.17) is 4.74 Å². The normalized spacial score (nSPS) is 11.2. The topological polar surface area (TPSA) is 107 Å². The Morgan fingerprint density at radius 2 is 1.79 bits per heavy atom. The van der Waals surface area contributed by atoms with E-state index >= 15 is 0 Å². The van der Waals surface area contributed by atoms with Gasteiger partial charge in [-0.15, -0.1) is 0 Å². The highest BCUT2D eigenvalue weighted by Gasteiger charge is 2.31. The molecule has 0 saturated heterocycles. The Morgan fingerprint density at radius 3 is 2.50 bits per heavy atom. The molecule has 4 rings (SSSR count). The van der Waals surface area contributed by atoms with Gasteiger partial charge in [0.15, 0.2) is 0 Å². The van der Waals surface area contributed by atoms with Gasteiger partial charge in [0.25, 0.3) is 0 Å². The summed E-state index contributed by atoms with van der Waals surface area (Å²) in [5, 5.41) is 12.5. The third kappa shape index (κ3) is 5.43. The standard InChI is InChI=1S/C21H15F4N7O2/c1-32-28-11-19(31-32)18-8-15(4-5-27-18)34-14-2-3-17(16(22)7-14)30-20(33)29-13-6-12(9-26-10-13)21(23,24)25/h2-11H,1H3,(H2,29,30,33). The van der Waals surface area contributed by atoms with E-state index in [2.05, 4.69) is 30.8 Å². The summed E-state index contributed by atoms with van der Waals surface area (Å²) in [6.07, 6.45) is 0.0745. The van der Waals surface area contributed by atoms with Crippen molar-refractivity contribution in [3.63, 3.8) is 0 Å². The number of aromatic nitrogens is 5. The number of rotatable bonds is 5. The average molecular weight is 473 g/mol. The second kappa shape index (κ2) is 9.13. The Kier molecular flexibility index (Phi) is 6.08. The first-order valence-electron chi connectivity index (χ1n) is 9.58. The van der Waals surface area contributed by atoms with E-state index in [1.165, 1.54) is 29.3 Å². The van der Waals surface area contributed by atoms with Crippen molar-refractivity contribution in [2.75, 3.05) is 10.6 Å². The average Bonchev–Trinajstić information content (AvgIpc) is 3.22. The Balaban J connectivity index is 1.42. The highest BCUT2D eigenvalue weighted by atomic mass is 19.4. The highest BCUT2D eigenvalue weighted by Crippen LogP contribution is 2.30. The molecule has 13 heteroatoms. The fourth-order valence-corrected chi connectivity index (χ4v) is 2.82. The minimum absolute atomic E-state index is 0.141. The fourth-order valence-electron chi connectivity index (χ4n) is 2.82. The predicted molar refractivity (Wildman–Crippen MR) is 113 cm³/mol. The van der Waals surface area contributed by atoms with Crippen molar-refractivity contribution in [1.82, 2.24) is 25.0 Å². The summed E-state index contributed by atoms with van der Waals surface area (Å²) in [4.78, 5) is 21.1. The van der Waals surface area contributed by atoms with Crippen LogP contribution in [0.5, 0.6) is 11.5 Å². The van der Waals surface area contributed by atoms with Gasteiger partial charge in [-0.25, -0.2) is 9.18 Å². The number of aryl methyl sites for hydroxylation is 1. The molecule has 2 amide bonds. The third-order valence-electron chi connectivity index (χ3n) is 4.34. The molecule has 0 atom stereocenters. The minimum Gasteiger partial charge on any atom is -0.457 e. The molecule has 1 aromatic carbocycles. The summed E-state index contributed by atoms with van der Waals surface area (Å²) in [6.45, 7) is 0. The zero-order valence-electron chi connectivity index (χ0n) is 17.3. The third-order valence-corrected chi connectivity index (χ3v) is 4.34. The fraction of sp³-hybridized carbons (Fsp3) is 0.0952. The zero-order chi connectivity index (χ0) is 24.3. The molecular formula is C21H15F4N7O2. The molecule has 4 aromatic rings. The van der Waals surface area contributed by atoms with E-state index < -0.39 is 23.6 Å². The lowest BCUT2D eigenvalue weighted by atomic mass is 10.2. The molecule has 0 unspecified atom stereocenters. The molecule has 9 nitrogen and oxygen atoms in total. The van der Waals surface area contributed by atoms with Gasteiger partial charge < -0.3 is 15.4 Å². The maximum absolute atomic E-state index is 14.5. The van der Waals surface area contributed by atoms with Crippen molar-refractivity contribution in [2.24, 2.45) is 7.05 Å². The number of nitrogens with zero attached hydrogens (tertiary/aromatic N) is 5. The number of alkyl halides is 3. The van der Waals surface area contributed by atoms with Crippen LogP contribution in [0.2, 0.25) is 0 Å². The molecule has 0 saturated carbocycles. The molecule has 3 heterocycles. The van der Waals surface area contributed by atoms with Crippen molar-refractivity contribution in [1.29, 1.82) is 0 Å². The Bertz CT molecular complexity index is 1340. The van der Waals surface area contributed by atoms with Crippen molar-refractivity contribution >= 4 is 17.4 Å². The number of amides is 2. The largest absolute Gasteiger partial charge is 0.457 e. The van der Waals surface area contributed by atoms with E-state index in [0.29, 0.717) is 29.4 Å². The van der Waals surface area contributed by atoms with Crippen LogP contribution >= 0.6 is 0 Å². The number of ether oxygens (including phenoxy) is 1. The smallest absolute Gasteiger partial charge is 0.417 e. The maximum Gasteiger partial charge on any atom is 0.417 e. The van der Waals surface area contributed by atoms with Crippen LogP contribution in [-0.4, -0.2) is 31.0 Å². The number of hydrogen-bond acceptors (Lipinski definition) is 6. The Hall–Kier alpha value is -4.55. The zero-order valence-corrected chi connectivity index (χ0v) is 17.3. The van der Waals surface area contributed by atoms with Crippen LogP contribution in [0, 0.1) is 5.82 Å². The number of nitrogens with one attached hydrogen (secondary N) is 2. The molecule has 174 valence electrons. The number of urea groups is 1. The van der Waals surface area contributed by atoms with E-state index in [1.807, 2.05) is 0 Å². The van der Waals surface area contributed by atoms with Gasteiger partial charge in [-0.3, -0.25) is 9.97 Å². The van der Waals surface area contributed by atoms with Crippen molar-refractivity contribution < 1.29 is 27.1 Å². The highest BCUT2D eigenvalue weighted by molar-refractivity contribution is 5.99. The van der Waals surface area contributed by atoms with E-state index in [-0.39, 0.29) is 17.1 Å². The summed E-state index contributed by atoms with van der Waals surface area (Å²) >= 11 is 0. The molecule has 0 aliphatic heterocycles. The van der Waals surface area contributed by atoms with Gasteiger partial charge in [-0.2, -0.15) is 28.2 Å². The van der Waals surface area contributed by atoms with Crippen LogP contribution in [0.3, 0.4) is 0 Å². The molecule has 0 aliphatic rings. The number of carbonyl (C=O) groups is 1. The molecule has 0 radical (unpaired) electrons. The van der Waals surface area contributed by atoms with Gasteiger partial charge in [0, 0.05) is 31.6 Å². The van der Waals surface area contributed by atoms with Crippen LogP contribution in [0.1, 0.15) is 5.56 Å². The van der Waals surface area contributed by atoms with Gasteiger partial charge >= 0.3 is 12.2 Å². The van der Waals surface area contributed by atoms with Gasteiger partial charge in [-0.05, 0) is 24.3 Å². The first-order chi connectivity index (χ1) is 16.2. The van der Waals surface area contributed by atoms with Crippen LogP contribution in [0.25, 0.3) is 11.4 Å². The summed E-state index contributed by atoms with van der Waals surface area (Å²) in [5.41, 5.74) is -0.411. The van der Waals surface area contributed by atoms with Gasteiger partial charge in [0.2, 0.25) is 0 Å². The number of carbonyl (C=O) groups excluding carboxylic acids is 1. The quantitative estimate of drug-likeness (QED) is 0.401. The predicted octanol–water partition coefficient (Wildman–Crippen LogP) is 4.87. The molecule has 0 bridgehead atoms. The number of anilines is 2. The van der Waals surface area contributed by atoms with Gasteiger partial charge in [0.05, 0.1) is 35.0 Å². The summed E-state index contributed by atoms with van der Waals surface area (Å²) in [5.74, 6) is -0.314. The number of hydrogen-bond donors (Lipinski definition) is 2. The number of halogens is 4. The molecule has 0 fully saturated rings. The summed E-state index contributed by atoms with van der Waals surface area (Å²) in [7, 11) is 1.67. The minimum atomic E-state index is -4.62. The molecular weight excluding hydrogens is 458 g/mol. The van der Waals surface area contributed by atoms with Crippen molar-refractivity contribution in [3.8, 4) is 22.9 Å². The van der Waals surface area contributed by atoms with E-state index in [9.17, 15) is 22.4 Å². The SMILES string of the molecule is Cn1ncc(-c2cc(Oc3ccc(NC(=O)Nc4cncc(C(F)(F)F)c4)c(F)c3)ccn2)n1. The Labute approximate surface area is 189 Å². The lowest BCUT2D eigenvalue weighted by Gasteiger charge is -2.12. The van der Waals surface area contributed by atoms with Crippen LogP contribution in [-0.2, 0) is 13.2 Å². The van der Waals surface area contributed by atoms with Gasteiger partial charge in [0.1, 0.15) is 23.0 Å². The first kappa shape index (κ1) is 22.6. The lowest BCUT2D eigenvalue weighted by molar-refractivity contribution is -0.137. The number of pyridine rings is 2. The van der Waals surface area contributed by atoms with Crippen molar-refractivity contribution in [2.45, 2.75) is 6.18 Å². The van der Waals surface area contributed by atoms with E-state index in [0.717, 1.165) is 12.3 Å². The van der Waals surface area contributed by atoms with Crippen molar-refractivity contribution in [3.05, 3.63) is 72.6 Å². The van der Waals surface area contributed by atoms with Crippen LogP contribution in [0.4, 0.5) is 33.7 Å². The van der Waals surface area contributed by atoms with Crippen LogP contribution in [0.15, 0.2) is 61.2 Å². The molecule has 2 N–H and O–H groups in total. The van der Waals surface area contributed by atoms with E-state index in [1.54, 1.807) is 19.2 Å².